The zero-order chi connectivity index (χ0) is 28.8. The van der Waals surface area contributed by atoms with Crippen LogP contribution >= 0.6 is 0 Å². The second kappa shape index (κ2) is 28.8. The molecule has 2 N–H and O–H groups in total. The van der Waals surface area contributed by atoms with E-state index >= 15 is 0 Å². The molecule has 224 valence electrons. The Morgan fingerprint density at radius 3 is 1.90 bits per heavy atom. The second-order valence-electron chi connectivity index (χ2n) is 10.1. The molecular formula is C33H56O6. The standard InChI is InChI=1S/C33H56O6/c1-3-5-7-9-11-12-14-16-20-24-30(34)25-21-17-15-19-23-27-33(37)39-29-31(35)28-38-32(36)26-22-18-13-10-8-6-4-2/h11-12,15-17,20-21,25,30-31,34-35H,3-10,13-14,18-19,22-24,26-29H2,1-2H3/b12-11-,17-15+,20-16-,25-21-/t30?,31-/m0/s1. The summed E-state index contributed by atoms with van der Waals surface area (Å²) in [6, 6.07) is 0. The van der Waals surface area contributed by atoms with E-state index in [0.29, 0.717) is 25.7 Å². The van der Waals surface area contributed by atoms with Crippen molar-refractivity contribution in [1.29, 1.82) is 0 Å². The molecule has 0 rings (SSSR count). The molecule has 0 saturated carbocycles. The highest BCUT2D eigenvalue weighted by Gasteiger charge is 2.11. The fourth-order valence-electron chi connectivity index (χ4n) is 3.74. The maximum absolute atomic E-state index is 11.8. The van der Waals surface area contributed by atoms with E-state index < -0.39 is 12.2 Å². The summed E-state index contributed by atoms with van der Waals surface area (Å²) in [5, 5.41) is 19.9. The smallest absolute Gasteiger partial charge is 0.305 e. The van der Waals surface area contributed by atoms with Crippen LogP contribution in [0.2, 0.25) is 0 Å². The molecule has 0 bridgehead atoms. The van der Waals surface area contributed by atoms with Crippen LogP contribution in [0.4, 0.5) is 0 Å². The van der Waals surface area contributed by atoms with Gasteiger partial charge >= 0.3 is 11.9 Å². The lowest BCUT2D eigenvalue weighted by molar-refractivity contribution is -0.152. The molecule has 0 aromatic heterocycles. The van der Waals surface area contributed by atoms with E-state index in [2.05, 4.69) is 32.1 Å². The molecule has 0 aromatic rings. The van der Waals surface area contributed by atoms with Crippen LogP contribution in [-0.4, -0.2) is 47.6 Å². The van der Waals surface area contributed by atoms with Gasteiger partial charge < -0.3 is 19.7 Å². The molecule has 0 amide bonds. The number of hydrogen-bond acceptors (Lipinski definition) is 6. The van der Waals surface area contributed by atoms with E-state index in [1.165, 1.54) is 44.9 Å². The zero-order valence-corrected chi connectivity index (χ0v) is 24.7. The van der Waals surface area contributed by atoms with Crippen molar-refractivity contribution in [2.75, 3.05) is 13.2 Å². The summed E-state index contributed by atoms with van der Waals surface area (Å²) in [5.41, 5.74) is 0. The number of ether oxygens (including phenoxy) is 2. The Balaban J connectivity index is 3.72. The third-order valence-corrected chi connectivity index (χ3v) is 6.15. The Morgan fingerprint density at radius 1 is 0.641 bits per heavy atom. The van der Waals surface area contributed by atoms with E-state index in [1.54, 1.807) is 6.08 Å². The van der Waals surface area contributed by atoms with Gasteiger partial charge in [0.15, 0.2) is 0 Å². The van der Waals surface area contributed by atoms with Crippen molar-refractivity contribution in [3.05, 3.63) is 48.6 Å². The number of aliphatic hydroxyl groups excluding tert-OH is 2. The molecule has 0 aliphatic heterocycles. The molecule has 6 nitrogen and oxygen atoms in total. The average molecular weight is 549 g/mol. The highest BCUT2D eigenvalue weighted by atomic mass is 16.6. The lowest BCUT2D eigenvalue weighted by atomic mass is 10.1. The van der Waals surface area contributed by atoms with Gasteiger partial charge in [-0.25, -0.2) is 0 Å². The van der Waals surface area contributed by atoms with Gasteiger partial charge in [0.2, 0.25) is 0 Å². The Morgan fingerprint density at radius 2 is 1.21 bits per heavy atom. The first-order chi connectivity index (χ1) is 19.0. The van der Waals surface area contributed by atoms with Crippen LogP contribution in [0.15, 0.2) is 48.6 Å². The molecule has 0 aliphatic rings. The maximum atomic E-state index is 11.8. The van der Waals surface area contributed by atoms with Gasteiger partial charge in [-0.15, -0.1) is 0 Å². The zero-order valence-electron chi connectivity index (χ0n) is 24.7. The first-order valence-electron chi connectivity index (χ1n) is 15.3. The Bertz CT molecular complexity index is 694. The topological polar surface area (TPSA) is 93.1 Å². The van der Waals surface area contributed by atoms with E-state index in [1.807, 2.05) is 24.3 Å². The van der Waals surface area contributed by atoms with Gasteiger partial charge in [0, 0.05) is 12.8 Å². The number of esters is 2. The van der Waals surface area contributed by atoms with E-state index in [9.17, 15) is 19.8 Å². The highest BCUT2D eigenvalue weighted by molar-refractivity contribution is 5.69. The largest absolute Gasteiger partial charge is 0.463 e. The molecule has 0 saturated heterocycles. The van der Waals surface area contributed by atoms with Crippen LogP contribution in [-0.2, 0) is 19.1 Å². The van der Waals surface area contributed by atoms with Crippen LogP contribution in [0, 0.1) is 0 Å². The quantitative estimate of drug-likeness (QED) is 0.0498. The van der Waals surface area contributed by atoms with E-state index in [4.69, 9.17) is 9.47 Å². The summed E-state index contributed by atoms with van der Waals surface area (Å²) < 4.78 is 10.1. The Hall–Kier alpha value is -2.18. The molecule has 0 fully saturated rings. The predicted octanol–water partition coefficient (Wildman–Crippen LogP) is 7.69. The summed E-state index contributed by atoms with van der Waals surface area (Å²) in [4.78, 5) is 23.6. The van der Waals surface area contributed by atoms with Crippen molar-refractivity contribution in [3.8, 4) is 0 Å². The van der Waals surface area contributed by atoms with Crippen molar-refractivity contribution in [1.82, 2.24) is 0 Å². The Labute approximate surface area is 238 Å². The van der Waals surface area contributed by atoms with Gasteiger partial charge in [0.25, 0.3) is 0 Å². The third-order valence-electron chi connectivity index (χ3n) is 6.15. The molecule has 0 heterocycles. The summed E-state index contributed by atoms with van der Waals surface area (Å²) in [5.74, 6) is -0.704. The minimum Gasteiger partial charge on any atom is -0.463 e. The molecule has 0 aliphatic carbocycles. The average Bonchev–Trinajstić information content (AvgIpc) is 2.93. The van der Waals surface area contributed by atoms with Gasteiger partial charge in [0.05, 0.1) is 6.10 Å². The Kier molecular flexibility index (Phi) is 27.2. The van der Waals surface area contributed by atoms with Crippen molar-refractivity contribution >= 4 is 11.9 Å². The van der Waals surface area contributed by atoms with E-state index in [0.717, 1.165) is 32.1 Å². The second-order valence-corrected chi connectivity index (χ2v) is 10.1. The lowest BCUT2D eigenvalue weighted by Crippen LogP contribution is -2.25. The van der Waals surface area contributed by atoms with E-state index in [-0.39, 0.29) is 31.6 Å². The van der Waals surface area contributed by atoms with Crippen molar-refractivity contribution in [3.63, 3.8) is 0 Å². The molecule has 39 heavy (non-hydrogen) atoms. The summed E-state index contributed by atoms with van der Waals surface area (Å²) in [6.45, 7) is 4.06. The number of allylic oxidation sites excluding steroid dienone is 6. The monoisotopic (exact) mass is 548 g/mol. The summed E-state index contributed by atoms with van der Waals surface area (Å²) in [6.07, 6.45) is 30.6. The third kappa shape index (κ3) is 28.6. The van der Waals surface area contributed by atoms with Crippen molar-refractivity contribution in [2.24, 2.45) is 0 Å². The van der Waals surface area contributed by atoms with Crippen LogP contribution in [0.5, 0.6) is 0 Å². The molecular weight excluding hydrogens is 492 g/mol. The van der Waals surface area contributed by atoms with Crippen LogP contribution in [0.1, 0.15) is 123 Å². The van der Waals surface area contributed by atoms with Crippen LogP contribution in [0.3, 0.4) is 0 Å². The number of carbonyl (C=O) groups excluding carboxylic acids is 2. The highest BCUT2D eigenvalue weighted by Crippen LogP contribution is 2.09. The lowest BCUT2D eigenvalue weighted by Gasteiger charge is -2.12. The molecule has 2 atom stereocenters. The van der Waals surface area contributed by atoms with Crippen LogP contribution < -0.4 is 0 Å². The maximum Gasteiger partial charge on any atom is 0.305 e. The SMILES string of the molecule is CCCCC/C=C\C/C=C\CC(O)/C=C\C=C\CCCC(=O)OC[C@@H](O)COC(=O)CCCCCCCCC. The fourth-order valence-corrected chi connectivity index (χ4v) is 3.74. The number of hydrogen-bond donors (Lipinski definition) is 2. The first-order valence-corrected chi connectivity index (χ1v) is 15.3. The van der Waals surface area contributed by atoms with Gasteiger partial charge in [-0.3, -0.25) is 9.59 Å². The first kappa shape index (κ1) is 36.8. The fraction of sp³-hybridized carbons (Fsp3) is 0.697. The summed E-state index contributed by atoms with van der Waals surface area (Å²) >= 11 is 0. The number of rotatable bonds is 26. The minimum atomic E-state index is -1.01. The summed E-state index contributed by atoms with van der Waals surface area (Å²) in [7, 11) is 0. The molecule has 0 radical (unpaired) electrons. The van der Waals surface area contributed by atoms with Gasteiger partial charge in [0.1, 0.15) is 19.3 Å². The molecule has 6 heteroatoms. The molecule has 0 spiro atoms. The normalized spacial score (nSPS) is 13.6. The van der Waals surface area contributed by atoms with Crippen LogP contribution in [0.25, 0.3) is 0 Å². The number of unbranched alkanes of at least 4 members (excludes halogenated alkanes) is 10. The van der Waals surface area contributed by atoms with Gasteiger partial charge in [-0.2, -0.15) is 0 Å². The molecule has 1 unspecified atom stereocenters. The number of carbonyl (C=O) groups is 2. The number of aliphatic hydroxyl groups is 2. The van der Waals surface area contributed by atoms with Gasteiger partial charge in [-0.1, -0.05) is 114 Å². The predicted molar refractivity (Wildman–Crippen MR) is 160 cm³/mol. The molecule has 0 aromatic carbocycles. The minimum absolute atomic E-state index is 0.157. The van der Waals surface area contributed by atoms with Crippen molar-refractivity contribution in [2.45, 2.75) is 135 Å². The van der Waals surface area contributed by atoms with Crippen molar-refractivity contribution < 1.29 is 29.3 Å². The van der Waals surface area contributed by atoms with Gasteiger partial charge in [-0.05, 0) is 44.9 Å².